The lowest BCUT2D eigenvalue weighted by molar-refractivity contribution is 0.816. The summed E-state index contributed by atoms with van der Waals surface area (Å²) < 4.78 is 1.88. The number of anilines is 1. The molecule has 3 aromatic rings. The maximum Gasteiger partial charge on any atom is 0.225 e. The van der Waals surface area contributed by atoms with Crippen LogP contribution in [-0.2, 0) is 13.6 Å². The van der Waals surface area contributed by atoms with Crippen molar-refractivity contribution in [3.8, 4) is 0 Å². The molecule has 0 bridgehead atoms. The standard InChI is InChI=1S/C14H18N6S/c1-8(2)12-9(3)21-11(18-12)6-16-14-15-5-10-13(19-14)20(4)7-17-10/h5,7-8H,6H2,1-4H3,(H,15,16,19). The van der Waals surface area contributed by atoms with Crippen LogP contribution >= 0.6 is 11.3 Å². The number of fused-ring (bicyclic) bond motifs is 1. The number of rotatable bonds is 4. The minimum Gasteiger partial charge on any atom is -0.348 e. The summed E-state index contributed by atoms with van der Waals surface area (Å²) in [5.41, 5.74) is 2.81. The first-order valence-electron chi connectivity index (χ1n) is 6.88. The van der Waals surface area contributed by atoms with Gasteiger partial charge in [0.1, 0.15) is 10.5 Å². The largest absolute Gasteiger partial charge is 0.348 e. The summed E-state index contributed by atoms with van der Waals surface area (Å²) >= 11 is 1.72. The molecule has 0 aromatic carbocycles. The van der Waals surface area contributed by atoms with Crippen LogP contribution in [0.25, 0.3) is 11.2 Å². The Morgan fingerprint density at radius 2 is 2.10 bits per heavy atom. The average Bonchev–Trinajstić information content (AvgIpc) is 3.00. The first kappa shape index (κ1) is 13.9. The van der Waals surface area contributed by atoms with Crippen LogP contribution in [0.3, 0.4) is 0 Å². The van der Waals surface area contributed by atoms with Crippen molar-refractivity contribution in [2.24, 2.45) is 7.05 Å². The zero-order valence-electron chi connectivity index (χ0n) is 12.6. The maximum absolute atomic E-state index is 4.68. The average molecular weight is 302 g/mol. The van der Waals surface area contributed by atoms with Gasteiger partial charge in [0.25, 0.3) is 0 Å². The Hall–Kier alpha value is -2.02. The number of nitrogens with one attached hydrogen (secondary N) is 1. The molecule has 0 aliphatic heterocycles. The molecule has 0 radical (unpaired) electrons. The van der Waals surface area contributed by atoms with E-state index < -0.39 is 0 Å². The molecule has 0 amide bonds. The third-order valence-corrected chi connectivity index (χ3v) is 4.26. The fraction of sp³-hybridized carbons (Fsp3) is 0.429. The second kappa shape index (κ2) is 5.40. The lowest BCUT2D eigenvalue weighted by Gasteiger charge is -2.03. The topological polar surface area (TPSA) is 68.5 Å². The molecule has 6 nitrogen and oxygen atoms in total. The van der Waals surface area contributed by atoms with E-state index in [1.807, 2.05) is 11.6 Å². The molecular formula is C14H18N6S. The van der Waals surface area contributed by atoms with Crippen LogP contribution in [0.15, 0.2) is 12.5 Å². The fourth-order valence-electron chi connectivity index (χ4n) is 2.24. The van der Waals surface area contributed by atoms with Gasteiger partial charge in [-0.2, -0.15) is 4.98 Å². The van der Waals surface area contributed by atoms with Crippen molar-refractivity contribution in [3.63, 3.8) is 0 Å². The maximum atomic E-state index is 4.68. The van der Waals surface area contributed by atoms with E-state index >= 15 is 0 Å². The highest BCUT2D eigenvalue weighted by Gasteiger charge is 2.11. The molecule has 1 N–H and O–H groups in total. The number of hydrogen-bond acceptors (Lipinski definition) is 6. The smallest absolute Gasteiger partial charge is 0.225 e. The van der Waals surface area contributed by atoms with Gasteiger partial charge in [0.05, 0.1) is 24.8 Å². The first-order chi connectivity index (χ1) is 10.0. The minimum absolute atomic E-state index is 0.456. The molecule has 0 fully saturated rings. The van der Waals surface area contributed by atoms with Crippen molar-refractivity contribution in [1.82, 2.24) is 24.5 Å². The van der Waals surface area contributed by atoms with Gasteiger partial charge in [0.2, 0.25) is 5.95 Å². The zero-order valence-corrected chi connectivity index (χ0v) is 13.4. The number of aromatic nitrogens is 5. The Labute approximate surface area is 127 Å². The molecule has 3 rings (SSSR count). The second-order valence-corrected chi connectivity index (χ2v) is 6.60. The Balaban J connectivity index is 1.76. The highest BCUT2D eigenvalue weighted by atomic mass is 32.1. The summed E-state index contributed by atoms with van der Waals surface area (Å²) in [4.78, 5) is 18.9. The SMILES string of the molecule is Cc1sc(CNc2ncc3ncn(C)c3n2)nc1C(C)C. The highest BCUT2D eigenvalue weighted by molar-refractivity contribution is 7.11. The molecule has 7 heteroatoms. The van der Waals surface area contributed by atoms with Crippen LogP contribution in [0.4, 0.5) is 5.95 Å². The monoisotopic (exact) mass is 302 g/mol. The van der Waals surface area contributed by atoms with Crippen molar-refractivity contribution in [1.29, 1.82) is 0 Å². The molecule has 0 saturated carbocycles. The molecule has 0 spiro atoms. The fourth-order valence-corrected chi connectivity index (χ4v) is 3.26. The number of hydrogen-bond donors (Lipinski definition) is 1. The molecule has 3 heterocycles. The predicted octanol–water partition coefficient (Wildman–Crippen LogP) is 2.86. The Kier molecular flexibility index (Phi) is 3.59. The zero-order chi connectivity index (χ0) is 15.0. The van der Waals surface area contributed by atoms with E-state index in [0.29, 0.717) is 18.4 Å². The van der Waals surface area contributed by atoms with Crippen molar-refractivity contribution in [2.75, 3.05) is 5.32 Å². The third-order valence-electron chi connectivity index (χ3n) is 3.28. The van der Waals surface area contributed by atoms with E-state index in [9.17, 15) is 0 Å². The second-order valence-electron chi connectivity index (χ2n) is 5.32. The van der Waals surface area contributed by atoms with Gasteiger partial charge in [-0.3, -0.25) is 0 Å². The van der Waals surface area contributed by atoms with Crippen LogP contribution in [0.1, 0.15) is 35.3 Å². The molecule has 0 aliphatic rings. The lowest BCUT2D eigenvalue weighted by Crippen LogP contribution is -2.04. The van der Waals surface area contributed by atoms with Crippen molar-refractivity contribution in [3.05, 3.63) is 28.1 Å². The van der Waals surface area contributed by atoms with E-state index in [1.54, 1.807) is 23.9 Å². The van der Waals surface area contributed by atoms with E-state index in [1.165, 1.54) is 10.6 Å². The summed E-state index contributed by atoms with van der Waals surface area (Å²) in [6.07, 6.45) is 3.47. The van der Waals surface area contributed by atoms with Crippen LogP contribution in [0, 0.1) is 6.92 Å². The van der Waals surface area contributed by atoms with Gasteiger partial charge < -0.3 is 9.88 Å². The quantitative estimate of drug-likeness (QED) is 0.802. The van der Waals surface area contributed by atoms with Gasteiger partial charge in [-0.05, 0) is 12.8 Å². The Morgan fingerprint density at radius 1 is 1.29 bits per heavy atom. The summed E-state index contributed by atoms with van der Waals surface area (Å²) in [7, 11) is 1.92. The van der Waals surface area contributed by atoms with E-state index in [0.717, 1.165) is 16.2 Å². The van der Waals surface area contributed by atoms with Gasteiger partial charge in [-0.25, -0.2) is 15.0 Å². The molecule has 0 atom stereocenters. The lowest BCUT2D eigenvalue weighted by atomic mass is 10.1. The molecule has 21 heavy (non-hydrogen) atoms. The van der Waals surface area contributed by atoms with Crippen molar-refractivity contribution in [2.45, 2.75) is 33.2 Å². The minimum atomic E-state index is 0.456. The van der Waals surface area contributed by atoms with Gasteiger partial charge in [-0.1, -0.05) is 13.8 Å². The molecule has 0 aliphatic carbocycles. The third kappa shape index (κ3) is 2.73. The van der Waals surface area contributed by atoms with Crippen LogP contribution in [0.2, 0.25) is 0 Å². The van der Waals surface area contributed by atoms with Gasteiger partial charge in [-0.15, -0.1) is 11.3 Å². The summed E-state index contributed by atoms with van der Waals surface area (Å²) in [6, 6.07) is 0. The van der Waals surface area contributed by atoms with E-state index in [-0.39, 0.29) is 0 Å². The molecule has 3 aromatic heterocycles. The number of thiazole rings is 1. The highest BCUT2D eigenvalue weighted by Crippen LogP contribution is 2.24. The van der Waals surface area contributed by atoms with Gasteiger partial charge >= 0.3 is 0 Å². The van der Waals surface area contributed by atoms with Crippen LogP contribution in [0.5, 0.6) is 0 Å². The van der Waals surface area contributed by atoms with Crippen molar-refractivity contribution < 1.29 is 0 Å². The number of aryl methyl sites for hydroxylation is 2. The molecule has 0 saturated heterocycles. The van der Waals surface area contributed by atoms with Crippen molar-refractivity contribution >= 4 is 28.4 Å². The van der Waals surface area contributed by atoms with Crippen LogP contribution in [-0.4, -0.2) is 24.5 Å². The predicted molar refractivity (Wildman–Crippen MR) is 84.6 cm³/mol. The first-order valence-corrected chi connectivity index (χ1v) is 7.70. The van der Waals surface area contributed by atoms with E-state index in [2.05, 4.69) is 46.0 Å². The normalized spacial score (nSPS) is 11.5. The van der Waals surface area contributed by atoms with E-state index in [4.69, 9.17) is 0 Å². The van der Waals surface area contributed by atoms with Crippen LogP contribution < -0.4 is 5.32 Å². The molecular weight excluding hydrogens is 284 g/mol. The molecule has 0 unspecified atom stereocenters. The Morgan fingerprint density at radius 3 is 2.81 bits per heavy atom. The molecule has 110 valence electrons. The number of imidazole rings is 1. The summed E-state index contributed by atoms with van der Waals surface area (Å²) in [5, 5.41) is 4.29. The summed E-state index contributed by atoms with van der Waals surface area (Å²) in [6.45, 7) is 7.09. The number of nitrogens with zero attached hydrogens (tertiary/aromatic N) is 5. The van der Waals surface area contributed by atoms with Gasteiger partial charge in [0.15, 0.2) is 5.65 Å². The van der Waals surface area contributed by atoms with Gasteiger partial charge in [0, 0.05) is 11.9 Å². The summed E-state index contributed by atoms with van der Waals surface area (Å²) in [5.74, 6) is 1.06. The Bertz CT molecular complexity index is 773.